The normalized spacial score (nSPS) is 14.5. The first-order valence-corrected chi connectivity index (χ1v) is 8.86. The fourth-order valence-corrected chi connectivity index (χ4v) is 2.97. The third kappa shape index (κ3) is 4.66. The van der Waals surface area contributed by atoms with Gasteiger partial charge in [0.1, 0.15) is 23.3 Å². The average molecular weight is 404 g/mol. The first-order valence-electron chi connectivity index (χ1n) is 8.48. The van der Waals surface area contributed by atoms with Crippen LogP contribution in [0.4, 0.5) is 20.2 Å². The summed E-state index contributed by atoms with van der Waals surface area (Å²) in [6.45, 7) is 2.41. The van der Waals surface area contributed by atoms with Gasteiger partial charge in [0.2, 0.25) is 0 Å². The van der Waals surface area contributed by atoms with E-state index in [-0.39, 0.29) is 11.1 Å². The molecule has 1 saturated heterocycles. The fourth-order valence-electron chi connectivity index (χ4n) is 2.80. The number of carbonyl (C=O) groups excluding carboxylic acids is 1. The highest BCUT2D eigenvalue weighted by molar-refractivity contribution is 6.31. The van der Waals surface area contributed by atoms with E-state index in [1.54, 1.807) is 24.3 Å². The van der Waals surface area contributed by atoms with E-state index in [4.69, 9.17) is 16.3 Å². The number of rotatable bonds is 4. The monoisotopic (exact) mass is 403 g/mol. The second-order valence-electron chi connectivity index (χ2n) is 6.05. The van der Waals surface area contributed by atoms with Crippen LogP contribution in [-0.4, -0.2) is 32.2 Å². The number of amides is 1. The molecule has 1 fully saturated rings. The van der Waals surface area contributed by atoms with Crippen molar-refractivity contribution in [3.05, 3.63) is 64.2 Å². The molecule has 1 aliphatic rings. The summed E-state index contributed by atoms with van der Waals surface area (Å²) < 4.78 is 32.2. The van der Waals surface area contributed by atoms with Crippen LogP contribution < -0.4 is 10.2 Å². The Morgan fingerprint density at radius 2 is 1.96 bits per heavy atom. The van der Waals surface area contributed by atoms with Crippen LogP contribution in [0.1, 0.15) is 5.56 Å². The predicted octanol–water partition coefficient (Wildman–Crippen LogP) is 4.00. The Morgan fingerprint density at radius 1 is 1.21 bits per heavy atom. The Bertz CT molecular complexity index is 966. The number of nitrogens with one attached hydrogen (secondary N) is 1. The van der Waals surface area contributed by atoms with Crippen LogP contribution in [-0.2, 0) is 9.53 Å². The number of hydrogen-bond donors (Lipinski definition) is 1. The van der Waals surface area contributed by atoms with Crippen LogP contribution in [0, 0.1) is 23.0 Å². The number of hydrogen-bond acceptors (Lipinski definition) is 4. The molecule has 8 heteroatoms. The minimum Gasteiger partial charge on any atom is -0.378 e. The van der Waals surface area contributed by atoms with Gasteiger partial charge in [0.05, 0.1) is 24.6 Å². The minimum absolute atomic E-state index is 0.0624. The van der Waals surface area contributed by atoms with Gasteiger partial charge in [-0.1, -0.05) is 11.6 Å². The van der Waals surface area contributed by atoms with Crippen LogP contribution in [0.25, 0.3) is 6.08 Å². The van der Waals surface area contributed by atoms with E-state index < -0.39 is 17.5 Å². The van der Waals surface area contributed by atoms with Crippen molar-refractivity contribution in [1.82, 2.24) is 0 Å². The molecular weight excluding hydrogens is 388 g/mol. The van der Waals surface area contributed by atoms with Crippen LogP contribution in [0.5, 0.6) is 0 Å². The van der Waals surface area contributed by atoms with Gasteiger partial charge in [0.15, 0.2) is 0 Å². The Kier molecular flexibility index (Phi) is 6.24. The summed E-state index contributed by atoms with van der Waals surface area (Å²) in [6.07, 6.45) is 1.07. The topological polar surface area (TPSA) is 65.4 Å². The van der Waals surface area contributed by atoms with Crippen molar-refractivity contribution < 1.29 is 18.3 Å². The highest BCUT2D eigenvalue weighted by atomic mass is 35.5. The maximum absolute atomic E-state index is 13.8. The Hall–Kier alpha value is -2.95. The van der Waals surface area contributed by atoms with Crippen molar-refractivity contribution in [2.75, 3.05) is 36.5 Å². The second kappa shape index (κ2) is 8.83. The van der Waals surface area contributed by atoms with E-state index in [1.807, 2.05) is 4.90 Å². The number of nitriles is 1. The molecule has 1 amide bonds. The number of benzene rings is 2. The molecule has 28 heavy (non-hydrogen) atoms. The quantitative estimate of drug-likeness (QED) is 0.619. The van der Waals surface area contributed by atoms with Gasteiger partial charge in [-0.05, 0) is 36.4 Å². The lowest BCUT2D eigenvalue weighted by Crippen LogP contribution is -2.36. The van der Waals surface area contributed by atoms with Crippen molar-refractivity contribution in [1.29, 1.82) is 5.26 Å². The zero-order chi connectivity index (χ0) is 20.1. The molecule has 1 aliphatic heterocycles. The Labute approximate surface area is 165 Å². The molecule has 5 nitrogen and oxygen atoms in total. The van der Waals surface area contributed by atoms with E-state index in [1.165, 1.54) is 0 Å². The van der Waals surface area contributed by atoms with Crippen LogP contribution >= 0.6 is 11.6 Å². The molecule has 1 N–H and O–H groups in total. The number of anilines is 2. The predicted molar refractivity (Wildman–Crippen MR) is 103 cm³/mol. The van der Waals surface area contributed by atoms with Crippen LogP contribution in [0.2, 0.25) is 5.02 Å². The zero-order valence-electron chi connectivity index (χ0n) is 14.7. The third-order valence-electron chi connectivity index (χ3n) is 4.19. The van der Waals surface area contributed by atoms with E-state index in [2.05, 4.69) is 5.32 Å². The Morgan fingerprint density at radius 3 is 2.64 bits per heavy atom. The van der Waals surface area contributed by atoms with E-state index in [9.17, 15) is 18.8 Å². The SMILES string of the molecule is N#C/C(=C\c1ccc(F)cc1F)C(=O)Nc1cc(Cl)ccc1N1CCOCC1. The highest BCUT2D eigenvalue weighted by Gasteiger charge is 2.18. The zero-order valence-corrected chi connectivity index (χ0v) is 15.5. The number of nitrogens with zero attached hydrogens (tertiary/aromatic N) is 2. The van der Waals surface area contributed by atoms with E-state index in [0.29, 0.717) is 43.1 Å². The van der Waals surface area contributed by atoms with Gasteiger partial charge in [0.25, 0.3) is 5.91 Å². The lowest BCUT2D eigenvalue weighted by Gasteiger charge is -2.30. The Balaban J connectivity index is 1.87. The van der Waals surface area contributed by atoms with E-state index in [0.717, 1.165) is 23.9 Å². The highest BCUT2D eigenvalue weighted by Crippen LogP contribution is 2.30. The molecule has 2 aromatic carbocycles. The van der Waals surface area contributed by atoms with Gasteiger partial charge >= 0.3 is 0 Å². The van der Waals surface area contributed by atoms with Crippen molar-refractivity contribution in [2.45, 2.75) is 0 Å². The summed E-state index contributed by atoms with van der Waals surface area (Å²) in [5.41, 5.74) is 0.789. The van der Waals surface area contributed by atoms with Crippen molar-refractivity contribution in [3.8, 4) is 6.07 Å². The molecule has 0 saturated carbocycles. The summed E-state index contributed by atoms with van der Waals surface area (Å²) >= 11 is 6.06. The summed E-state index contributed by atoms with van der Waals surface area (Å²) in [7, 11) is 0. The lowest BCUT2D eigenvalue weighted by atomic mass is 10.1. The largest absolute Gasteiger partial charge is 0.378 e. The molecule has 0 radical (unpaired) electrons. The van der Waals surface area contributed by atoms with Crippen molar-refractivity contribution >= 4 is 35.0 Å². The third-order valence-corrected chi connectivity index (χ3v) is 4.42. The first kappa shape index (κ1) is 19.8. The number of carbonyl (C=O) groups is 1. The molecule has 3 rings (SSSR count). The molecule has 2 aromatic rings. The molecule has 0 atom stereocenters. The van der Waals surface area contributed by atoms with Crippen LogP contribution in [0.15, 0.2) is 42.0 Å². The summed E-state index contributed by atoms with van der Waals surface area (Å²) in [5, 5.41) is 12.4. The molecular formula is C20H16ClF2N3O2. The summed E-state index contributed by atoms with van der Waals surface area (Å²) in [4.78, 5) is 14.6. The van der Waals surface area contributed by atoms with Gasteiger partial charge in [-0.25, -0.2) is 8.78 Å². The molecule has 144 valence electrons. The molecule has 0 spiro atoms. The van der Waals surface area contributed by atoms with Gasteiger partial charge in [-0.3, -0.25) is 4.79 Å². The van der Waals surface area contributed by atoms with E-state index >= 15 is 0 Å². The molecule has 1 heterocycles. The average Bonchev–Trinajstić information content (AvgIpc) is 2.68. The number of ether oxygens (including phenoxy) is 1. The molecule has 0 aromatic heterocycles. The smallest absolute Gasteiger partial charge is 0.266 e. The summed E-state index contributed by atoms with van der Waals surface area (Å²) in [6, 6.07) is 9.71. The maximum Gasteiger partial charge on any atom is 0.266 e. The summed E-state index contributed by atoms with van der Waals surface area (Å²) in [5.74, 6) is -2.33. The molecule has 0 aliphatic carbocycles. The second-order valence-corrected chi connectivity index (χ2v) is 6.49. The minimum atomic E-state index is -0.864. The van der Waals surface area contributed by atoms with Crippen molar-refractivity contribution in [3.63, 3.8) is 0 Å². The first-order chi connectivity index (χ1) is 13.5. The van der Waals surface area contributed by atoms with Gasteiger partial charge in [-0.2, -0.15) is 5.26 Å². The number of halogens is 3. The molecule has 0 unspecified atom stereocenters. The lowest BCUT2D eigenvalue weighted by molar-refractivity contribution is -0.112. The standard InChI is InChI=1S/C20H16ClF2N3O2/c21-15-2-4-19(26-5-7-28-8-6-26)18(10-15)25-20(27)14(12-24)9-13-1-3-16(22)11-17(13)23/h1-4,9-11H,5-8H2,(H,25,27)/b14-9+. The molecule has 0 bridgehead atoms. The van der Waals surface area contributed by atoms with Gasteiger partial charge in [0, 0.05) is 29.7 Å². The number of morpholine rings is 1. The van der Waals surface area contributed by atoms with Gasteiger partial charge < -0.3 is 15.0 Å². The van der Waals surface area contributed by atoms with Crippen LogP contribution in [0.3, 0.4) is 0 Å². The maximum atomic E-state index is 13.8. The van der Waals surface area contributed by atoms with Gasteiger partial charge in [-0.15, -0.1) is 0 Å². The van der Waals surface area contributed by atoms with Crippen molar-refractivity contribution in [2.24, 2.45) is 0 Å². The fraction of sp³-hybridized carbons (Fsp3) is 0.200.